The molecule has 76 valence electrons. The van der Waals surface area contributed by atoms with Gasteiger partial charge in [-0.05, 0) is 12.8 Å². The van der Waals surface area contributed by atoms with Crippen molar-refractivity contribution < 1.29 is 9.47 Å². The van der Waals surface area contributed by atoms with E-state index in [0.29, 0.717) is 6.04 Å². The molecule has 2 unspecified atom stereocenters. The van der Waals surface area contributed by atoms with Crippen LogP contribution in [0.1, 0.15) is 32.6 Å². The fraction of sp³-hybridized carbons (Fsp3) is 1.00. The first kappa shape index (κ1) is 9.44. The Kier molecular flexibility index (Phi) is 2.86. The maximum Gasteiger partial charge on any atom is 0.145 e. The van der Waals surface area contributed by atoms with Crippen LogP contribution in [0.2, 0.25) is 0 Å². The van der Waals surface area contributed by atoms with Gasteiger partial charge in [0, 0.05) is 12.5 Å². The Labute approximate surface area is 79.8 Å². The summed E-state index contributed by atoms with van der Waals surface area (Å²) in [6, 6.07) is 0.639. The summed E-state index contributed by atoms with van der Waals surface area (Å²) in [6.07, 6.45) is 4.66. The number of hydrogen-bond acceptors (Lipinski definition) is 3. The van der Waals surface area contributed by atoms with Crippen LogP contribution in [-0.2, 0) is 9.47 Å². The number of hydrogen-bond donors (Lipinski definition) is 1. The van der Waals surface area contributed by atoms with Crippen LogP contribution in [0.4, 0.5) is 0 Å². The SMILES string of the molecule is CCCC1CCOC2(CCOC2)N1. The van der Waals surface area contributed by atoms with Gasteiger partial charge in [0.1, 0.15) is 5.72 Å². The molecule has 2 rings (SSSR count). The van der Waals surface area contributed by atoms with Gasteiger partial charge in [0.25, 0.3) is 0 Å². The monoisotopic (exact) mass is 185 g/mol. The number of nitrogens with one attached hydrogen (secondary N) is 1. The van der Waals surface area contributed by atoms with E-state index in [4.69, 9.17) is 9.47 Å². The van der Waals surface area contributed by atoms with Crippen molar-refractivity contribution in [2.75, 3.05) is 19.8 Å². The van der Waals surface area contributed by atoms with E-state index in [-0.39, 0.29) is 5.72 Å². The molecule has 2 aliphatic rings. The van der Waals surface area contributed by atoms with E-state index >= 15 is 0 Å². The number of ether oxygens (including phenoxy) is 2. The molecule has 0 amide bonds. The Balaban J connectivity index is 1.90. The molecule has 0 bridgehead atoms. The van der Waals surface area contributed by atoms with Crippen molar-refractivity contribution in [3.05, 3.63) is 0 Å². The predicted octanol–water partition coefficient (Wildman–Crippen LogP) is 1.28. The highest BCUT2D eigenvalue weighted by Gasteiger charge is 2.39. The van der Waals surface area contributed by atoms with Gasteiger partial charge in [-0.3, -0.25) is 5.32 Å². The molecule has 0 aromatic heterocycles. The molecule has 0 aromatic rings. The van der Waals surface area contributed by atoms with Gasteiger partial charge in [-0.2, -0.15) is 0 Å². The fourth-order valence-corrected chi connectivity index (χ4v) is 2.22. The lowest BCUT2D eigenvalue weighted by molar-refractivity contribution is -0.111. The zero-order valence-corrected chi connectivity index (χ0v) is 8.34. The summed E-state index contributed by atoms with van der Waals surface area (Å²) < 4.78 is 11.1. The van der Waals surface area contributed by atoms with Crippen molar-refractivity contribution in [1.29, 1.82) is 0 Å². The van der Waals surface area contributed by atoms with Crippen LogP contribution in [0, 0.1) is 0 Å². The van der Waals surface area contributed by atoms with Crippen LogP contribution < -0.4 is 5.32 Å². The molecular weight excluding hydrogens is 166 g/mol. The molecule has 2 heterocycles. The van der Waals surface area contributed by atoms with Crippen molar-refractivity contribution in [2.45, 2.75) is 44.4 Å². The predicted molar refractivity (Wildman–Crippen MR) is 50.6 cm³/mol. The standard InChI is InChI=1S/C10H19NO2/c1-2-3-9-4-6-13-10(11-9)5-7-12-8-10/h9,11H,2-8H2,1H3. The highest BCUT2D eigenvalue weighted by Crippen LogP contribution is 2.26. The van der Waals surface area contributed by atoms with Crippen LogP contribution in [0.3, 0.4) is 0 Å². The van der Waals surface area contributed by atoms with Crippen molar-refractivity contribution in [2.24, 2.45) is 0 Å². The second kappa shape index (κ2) is 3.95. The highest BCUT2D eigenvalue weighted by molar-refractivity contribution is 4.89. The summed E-state index contributed by atoms with van der Waals surface area (Å²) in [5.74, 6) is 0. The van der Waals surface area contributed by atoms with Crippen LogP contribution >= 0.6 is 0 Å². The van der Waals surface area contributed by atoms with Crippen LogP contribution in [0.15, 0.2) is 0 Å². The smallest absolute Gasteiger partial charge is 0.145 e. The first-order valence-electron chi connectivity index (χ1n) is 5.34. The Bertz CT molecular complexity index is 164. The van der Waals surface area contributed by atoms with E-state index in [9.17, 15) is 0 Å². The molecule has 2 atom stereocenters. The summed E-state index contributed by atoms with van der Waals surface area (Å²) in [5, 5.41) is 3.58. The third-order valence-electron chi connectivity index (χ3n) is 2.93. The Morgan fingerprint density at radius 3 is 3.08 bits per heavy atom. The van der Waals surface area contributed by atoms with Crippen molar-refractivity contribution in [1.82, 2.24) is 5.32 Å². The topological polar surface area (TPSA) is 30.5 Å². The molecule has 0 aromatic carbocycles. The highest BCUT2D eigenvalue weighted by atomic mass is 16.6. The quantitative estimate of drug-likeness (QED) is 0.703. The molecule has 1 spiro atoms. The van der Waals surface area contributed by atoms with Crippen molar-refractivity contribution in [3.8, 4) is 0 Å². The first-order valence-corrected chi connectivity index (χ1v) is 5.34. The zero-order valence-electron chi connectivity index (χ0n) is 8.34. The van der Waals surface area contributed by atoms with Gasteiger partial charge in [-0.25, -0.2) is 0 Å². The average molecular weight is 185 g/mol. The molecule has 0 radical (unpaired) electrons. The molecule has 3 nitrogen and oxygen atoms in total. The van der Waals surface area contributed by atoms with Crippen LogP contribution in [-0.4, -0.2) is 31.6 Å². The van der Waals surface area contributed by atoms with Gasteiger partial charge < -0.3 is 9.47 Å². The normalized spacial score (nSPS) is 39.9. The average Bonchev–Trinajstić information content (AvgIpc) is 2.54. The minimum absolute atomic E-state index is 0.127. The molecule has 1 N–H and O–H groups in total. The second-order valence-corrected chi connectivity index (χ2v) is 4.06. The minimum Gasteiger partial charge on any atom is -0.377 e. The summed E-state index contributed by atoms with van der Waals surface area (Å²) >= 11 is 0. The Morgan fingerprint density at radius 2 is 2.38 bits per heavy atom. The molecular formula is C10H19NO2. The van der Waals surface area contributed by atoms with Gasteiger partial charge >= 0.3 is 0 Å². The molecule has 0 aliphatic carbocycles. The van der Waals surface area contributed by atoms with Gasteiger partial charge in [-0.15, -0.1) is 0 Å². The van der Waals surface area contributed by atoms with E-state index in [0.717, 1.165) is 32.7 Å². The van der Waals surface area contributed by atoms with E-state index in [1.165, 1.54) is 12.8 Å². The summed E-state index contributed by atoms with van der Waals surface area (Å²) in [5.41, 5.74) is -0.127. The van der Waals surface area contributed by atoms with Crippen molar-refractivity contribution >= 4 is 0 Å². The fourth-order valence-electron chi connectivity index (χ4n) is 2.22. The summed E-state index contributed by atoms with van der Waals surface area (Å²) in [6.45, 7) is 4.69. The summed E-state index contributed by atoms with van der Waals surface area (Å²) in [7, 11) is 0. The molecule has 13 heavy (non-hydrogen) atoms. The van der Waals surface area contributed by atoms with Gasteiger partial charge in [0.15, 0.2) is 0 Å². The van der Waals surface area contributed by atoms with E-state index in [2.05, 4.69) is 12.2 Å². The summed E-state index contributed by atoms with van der Waals surface area (Å²) in [4.78, 5) is 0. The lowest BCUT2D eigenvalue weighted by Crippen LogP contribution is -2.57. The zero-order chi connectivity index (χ0) is 9.15. The lowest BCUT2D eigenvalue weighted by atomic mass is 10.0. The van der Waals surface area contributed by atoms with E-state index < -0.39 is 0 Å². The molecule has 2 fully saturated rings. The molecule has 0 saturated carbocycles. The van der Waals surface area contributed by atoms with Gasteiger partial charge in [0.2, 0.25) is 0 Å². The number of rotatable bonds is 2. The Hall–Kier alpha value is -0.120. The maximum absolute atomic E-state index is 5.77. The second-order valence-electron chi connectivity index (χ2n) is 4.06. The van der Waals surface area contributed by atoms with E-state index in [1.54, 1.807) is 0 Å². The first-order chi connectivity index (χ1) is 6.35. The van der Waals surface area contributed by atoms with Crippen LogP contribution in [0.25, 0.3) is 0 Å². The third-order valence-corrected chi connectivity index (χ3v) is 2.93. The van der Waals surface area contributed by atoms with E-state index in [1.807, 2.05) is 0 Å². The van der Waals surface area contributed by atoms with Crippen molar-refractivity contribution in [3.63, 3.8) is 0 Å². The largest absolute Gasteiger partial charge is 0.377 e. The maximum atomic E-state index is 5.77. The molecule has 2 aliphatic heterocycles. The van der Waals surface area contributed by atoms with Gasteiger partial charge in [0.05, 0.1) is 19.8 Å². The third kappa shape index (κ3) is 2.03. The Morgan fingerprint density at radius 1 is 1.46 bits per heavy atom. The molecule has 3 heteroatoms. The molecule has 2 saturated heterocycles. The van der Waals surface area contributed by atoms with Gasteiger partial charge in [-0.1, -0.05) is 13.3 Å². The van der Waals surface area contributed by atoms with Crippen LogP contribution in [0.5, 0.6) is 0 Å². The lowest BCUT2D eigenvalue weighted by Gasteiger charge is -2.38. The minimum atomic E-state index is -0.127.